The lowest BCUT2D eigenvalue weighted by Crippen LogP contribution is -2.03. The van der Waals surface area contributed by atoms with Crippen LogP contribution in [0.3, 0.4) is 0 Å². The minimum atomic E-state index is -0.0577. The van der Waals surface area contributed by atoms with Gasteiger partial charge in [0.25, 0.3) is 0 Å². The number of nitrogen functional groups attached to an aromatic ring is 1. The molecule has 2 rings (SSSR count). The van der Waals surface area contributed by atoms with E-state index in [2.05, 4.69) is 4.98 Å². The largest absolute Gasteiger partial charge is 0.375 e. The Morgan fingerprint density at radius 3 is 2.93 bits per heavy atom. The average Bonchev–Trinajstić information content (AvgIpc) is 2.55. The summed E-state index contributed by atoms with van der Waals surface area (Å²) in [4.78, 5) is 15.4. The highest BCUT2D eigenvalue weighted by Crippen LogP contribution is 2.27. The van der Waals surface area contributed by atoms with Gasteiger partial charge in [0.2, 0.25) is 0 Å². The number of nitrogens with two attached hydrogens (primary N) is 1. The molecule has 2 N–H and O–H groups in total. The maximum atomic E-state index is 11.2. The first-order chi connectivity index (χ1) is 7.08. The molecule has 15 heavy (non-hydrogen) atoms. The Kier molecular flexibility index (Phi) is 2.44. The molecular formula is C11H12N2OS. The van der Waals surface area contributed by atoms with Gasteiger partial charge in [0.1, 0.15) is 5.78 Å². The van der Waals surface area contributed by atoms with E-state index < -0.39 is 0 Å². The van der Waals surface area contributed by atoms with Crippen molar-refractivity contribution in [3.05, 3.63) is 23.8 Å². The zero-order valence-corrected chi connectivity index (χ0v) is 9.47. The van der Waals surface area contributed by atoms with Crippen LogP contribution in [0.4, 0.5) is 5.13 Å². The fourth-order valence-electron chi connectivity index (χ4n) is 1.46. The minimum absolute atomic E-state index is 0.0577. The third kappa shape index (κ3) is 1.85. The zero-order valence-electron chi connectivity index (χ0n) is 8.65. The van der Waals surface area contributed by atoms with E-state index in [4.69, 9.17) is 5.73 Å². The Labute approximate surface area is 91.9 Å². The summed E-state index contributed by atoms with van der Waals surface area (Å²) in [5, 5.41) is 0.567. The number of hydrogen-bond acceptors (Lipinski definition) is 4. The number of fused-ring (bicyclic) bond motifs is 1. The molecule has 4 heteroatoms. The molecule has 1 unspecified atom stereocenters. The van der Waals surface area contributed by atoms with Crippen LogP contribution in [0.5, 0.6) is 0 Å². The van der Waals surface area contributed by atoms with Crippen LogP contribution < -0.4 is 5.73 Å². The van der Waals surface area contributed by atoms with E-state index in [1.807, 2.05) is 25.1 Å². The number of carbonyl (C=O) groups excluding carboxylic acids is 1. The molecule has 1 aromatic carbocycles. The van der Waals surface area contributed by atoms with Crippen LogP contribution in [0, 0.1) is 0 Å². The van der Waals surface area contributed by atoms with Crippen molar-refractivity contribution in [2.24, 2.45) is 0 Å². The van der Waals surface area contributed by atoms with E-state index in [9.17, 15) is 4.79 Å². The molecule has 0 radical (unpaired) electrons. The maximum absolute atomic E-state index is 11.2. The average molecular weight is 220 g/mol. The first kappa shape index (κ1) is 10.1. The normalized spacial score (nSPS) is 12.9. The van der Waals surface area contributed by atoms with Crippen LogP contribution in [0.15, 0.2) is 18.2 Å². The third-order valence-electron chi connectivity index (χ3n) is 2.54. The molecule has 78 valence electrons. The van der Waals surface area contributed by atoms with Gasteiger partial charge in [0.15, 0.2) is 5.13 Å². The molecule has 0 bridgehead atoms. The van der Waals surface area contributed by atoms with Crippen molar-refractivity contribution < 1.29 is 4.79 Å². The van der Waals surface area contributed by atoms with Gasteiger partial charge in [-0.3, -0.25) is 4.79 Å². The van der Waals surface area contributed by atoms with Gasteiger partial charge < -0.3 is 5.73 Å². The topological polar surface area (TPSA) is 56.0 Å². The smallest absolute Gasteiger partial charge is 0.181 e. The van der Waals surface area contributed by atoms with Gasteiger partial charge in [-0.2, -0.15) is 0 Å². The lowest BCUT2D eigenvalue weighted by atomic mass is 9.98. The van der Waals surface area contributed by atoms with Crippen LogP contribution in [-0.4, -0.2) is 10.8 Å². The Hall–Kier alpha value is -1.42. The minimum Gasteiger partial charge on any atom is -0.375 e. The number of benzene rings is 1. The number of ketones is 1. The Bertz CT molecular complexity index is 518. The standard InChI is InChI=1S/C11H12N2OS/c1-6(7(2)14)8-3-4-9-10(5-8)15-11(12)13-9/h3-6H,1-2H3,(H2,12,13). The number of rotatable bonds is 2. The molecule has 0 aliphatic rings. The molecule has 1 aromatic heterocycles. The summed E-state index contributed by atoms with van der Waals surface area (Å²) < 4.78 is 1.04. The van der Waals surface area contributed by atoms with E-state index in [1.165, 1.54) is 11.3 Å². The number of hydrogen-bond donors (Lipinski definition) is 1. The molecule has 0 fully saturated rings. The number of anilines is 1. The van der Waals surface area contributed by atoms with Crippen molar-refractivity contribution in [2.75, 3.05) is 5.73 Å². The highest BCUT2D eigenvalue weighted by Gasteiger charge is 2.11. The van der Waals surface area contributed by atoms with Gasteiger partial charge in [-0.15, -0.1) is 0 Å². The fraction of sp³-hybridized carbons (Fsp3) is 0.273. The Morgan fingerprint density at radius 1 is 1.53 bits per heavy atom. The van der Waals surface area contributed by atoms with Gasteiger partial charge in [0, 0.05) is 5.92 Å². The number of aromatic nitrogens is 1. The molecule has 0 aliphatic heterocycles. The van der Waals surface area contributed by atoms with Crippen molar-refractivity contribution in [1.29, 1.82) is 0 Å². The summed E-state index contributed by atoms with van der Waals surface area (Å²) in [7, 11) is 0. The molecule has 0 saturated carbocycles. The summed E-state index contributed by atoms with van der Waals surface area (Å²) in [5.41, 5.74) is 7.54. The first-order valence-electron chi connectivity index (χ1n) is 4.74. The first-order valence-corrected chi connectivity index (χ1v) is 5.56. The Morgan fingerprint density at radius 2 is 2.27 bits per heavy atom. The van der Waals surface area contributed by atoms with Gasteiger partial charge in [0.05, 0.1) is 10.2 Å². The van der Waals surface area contributed by atoms with Gasteiger partial charge in [-0.05, 0) is 24.6 Å². The summed E-state index contributed by atoms with van der Waals surface area (Å²) in [6.45, 7) is 3.52. The molecule has 0 saturated heterocycles. The van der Waals surface area contributed by atoms with E-state index in [1.54, 1.807) is 6.92 Å². The molecule has 0 amide bonds. The summed E-state index contributed by atoms with van der Waals surface area (Å²) in [5.74, 6) is 0.115. The number of Topliss-reactive ketones (excluding diaryl/α,β-unsaturated/α-hetero) is 1. The van der Waals surface area contributed by atoms with Crippen LogP contribution in [0.2, 0.25) is 0 Å². The van der Waals surface area contributed by atoms with E-state index >= 15 is 0 Å². The van der Waals surface area contributed by atoms with E-state index in [-0.39, 0.29) is 11.7 Å². The second-order valence-corrected chi connectivity index (χ2v) is 4.67. The van der Waals surface area contributed by atoms with Crippen molar-refractivity contribution in [3.63, 3.8) is 0 Å². The molecular weight excluding hydrogens is 208 g/mol. The summed E-state index contributed by atoms with van der Waals surface area (Å²) >= 11 is 1.45. The fourth-order valence-corrected chi connectivity index (χ4v) is 2.25. The summed E-state index contributed by atoms with van der Waals surface area (Å²) in [6.07, 6.45) is 0. The zero-order chi connectivity index (χ0) is 11.0. The van der Waals surface area contributed by atoms with Crippen molar-refractivity contribution in [3.8, 4) is 0 Å². The molecule has 1 atom stereocenters. The molecule has 0 aliphatic carbocycles. The van der Waals surface area contributed by atoms with Crippen molar-refractivity contribution in [2.45, 2.75) is 19.8 Å². The highest BCUT2D eigenvalue weighted by molar-refractivity contribution is 7.22. The van der Waals surface area contributed by atoms with Crippen LogP contribution in [0.1, 0.15) is 25.3 Å². The number of nitrogens with zero attached hydrogens (tertiary/aromatic N) is 1. The van der Waals surface area contributed by atoms with Gasteiger partial charge in [-0.1, -0.05) is 24.3 Å². The number of thiazole rings is 1. The monoisotopic (exact) mass is 220 g/mol. The molecule has 2 aromatic rings. The third-order valence-corrected chi connectivity index (χ3v) is 3.39. The quantitative estimate of drug-likeness (QED) is 0.846. The van der Waals surface area contributed by atoms with Gasteiger partial charge in [-0.25, -0.2) is 4.98 Å². The van der Waals surface area contributed by atoms with Gasteiger partial charge >= 0.3 is 0 Å². The maximum Gasteiger partial charge on any atom is 0.181 e. The lowest BCUT2D eigenvalue weighted by molar-refractivity contribution is -0.118. The second kappa shape index (κ2) is 3.62. The van der Waals surface area contributed by atoms with Crippen LogP contribution >= 0.6 is 11.3 Å². The van der Waals surface area contributed by atoms with E-state index in [0.717, 1.165) is 15.8 Å². The van der Waals surface area contributed by atoms with Crippen LogP contribution in [0.25, 0.3) is 10.2 Å². The predicted octanol–water partition coefficient (Wildman–Crippen LogP) is 2.57. The van der Waals surface area contributed by atoms with E-state index in [0.29, 0.717) is 5.13 Å². The van der Waals surface area contributed by atoms with Crippen LogP contribution in [-0.2, 0) is 4.79 Å². The highest BCUT2D eigenvalue weighted by atomic mass is 32.1. The predicted molar refractivity (Wildman–Crippen MR) is 63.1 cm³/mol. The lowest BCUT2D eigenvalue weighted by Gasteiger charge is -2.06. The van der Waals surface area contributed by atoms with Crippen molar-refractivity contribution in [1.82, 2.24) is 4.98 Å². The second-order valence-electron chi connectivity index (χ2n) is 3.61. The molecule has 3 nitrogen and oxygen atoms in total. The van der Waals surface area contributed by atoms with Crippen molar-refractivity contribution >= 4 is 32.5 Å². The number of carbonyl (C=O) groups is 1. The summed E-state index contributed by atoms with van der Waals surface area (Å²) in [6, 6.07) is 5.85. The molecule has 0 spiro atoms. The Balaban J connectivity index is 2.50. The molecule has 1 heterocycles. The SMILES string of the molecule is CC(=O)C(C)c1ccc2nc(N)sc2c1.